The Balaban J connectivity index is 1.67. The van der Waals surface area contributed by atoms with Gasteiger partial charge < -0.3 is 9.47 Å². The number of hydrazine groups is 1. The number of carbonyl (C=O) groups is 2. The minimum Gasteiger partial charge on any atom is -0.454 e. The van der Waals surface area contributed by atoms with Gasteiger partial charge in [-0.15, -0.1) is 0 Å². The molecule has 1 aliphatic heterocycles. The monoisotopic (exact) mass is 336 g/mol. The van der Waals surface area contributed by atoms with Gasteiger partial charge in [0.1, 0.15) is 5.82 Å². The molecule has 118 valence electrons. The van der Waals surface area contributed by atoms with Gasteiger partial charge in [-0.3, -0.25) is 20.4 Å². The van der Waals surface area contributed by atoms with E-state index in [2.05, 4.69) is 10.9 Å². The van der Waals surface area contributed by atoms with Crippen molar-refractivity contribution in [1.29, 1.82) is 0 Å². The quantitative estimate of drug-likeness (QED) is 0.825. The maximum absolute atomic E-state index is 12.8. The zero-order chi connectivity index (χ0) is 16.4. The molecular formula is C15H10ClFN2O4. The Kier molecular flexibility index (Phi) is 4.03. The number of benzene rings is 2. The van der Waals surface area contributed by atoms with Gasteiger partial charge >= 0.3 is 0 Å². The zero-order valence-electron chi connectivity index (χ0n) is 11.6. The molecule has 0 unspecified atom stereocenters. The van der Waals surface area contributed by atoms with Gasteiger partial charge in [-0.2, -0.15) is 0 Å². The molecule has 8 heteroatoms. The van der Waals surface area contributed by atoms with Crippen LogP contribution in [0.3, 0.4) is 0 Å². The lowest BCUT2D eigenvalue weighted by Crippen LogP contribution is -2.41. The third-order valence-electron chi connectivity index (χ3n) is 3.09. The van der Waals surface area contributed by atoms with E-state index in [9.17, 15) is 14.0 Å². The summed E-state index contributed by atoms with van der Waals surface area (Å²) in [5.74, 6) is -0.891. The van der Waals surface area contributed by atoms with Gasteiger partial charge in [-0.05, 0) is 36.4 Å². The summed E-state index contributed by atoms with van der Waals surface area (Å²) in [6.45, 7) is 0.0292. The normalized spacial score (nSPS) is 11.9. The second-order valence-corrected chi connectivity index (χ2v) is 5.01. The van der Waals surface area contributed by atoms with E-state index in [1.807, 2.05) is 0 Å². The third kappa shape index (κ3) is 3.19. The minimum absolute atomic E-state index is 0.0292. The highest BCUT2D eigenvalue weighted by Crippen LogP contribution is 2.39. The second-order valence-electron chi connectivity index (χ2n) is 4.61. The number of carbonyl (C=O) groups excluding carboxylic acids is 2. The SMILES string of the molecule is O=C(NNC(=O)c1cc(Cl)c2c(c1)OCO2)c1ccc(F)cc1. The van der Waals surface area contributed by atoms with E-state index in [1.54, 1.807) is 0 Å². The van der Waals surface area contributed by atoms with Crippen LogP contribution in [0.5, 0.6) is 11.5 Å². The smallest absolute Gasteiger partial charge is 0.269 e. The largest absolute Gasteiger partial charge is 0.454 e. The van der Waals surface area contributed by atoms with Gasteiger partial charge in [-0.1, -0.05) is 11.6 Å². The number of ether oxygens (including phenoxy) is 2. The number of rotatable bonds is 2. The predicted octanol–water partition coefficient (Wildman–Crippen LogP) is 2.28. The molecular weight excluding hydrogens is 327 g/mol. The molecule has 6 nitrogen and oxygen atoms in total. The van der Waals surface area contributed by atoms with E-state index >= 15 is 0 Å². The average Bonchev–Trinajstić information content (AvgIpc) is 3.02. The summed E-state index contributed by atoms with van der Waals surface area (Å²) in [5, 5.41) is 0.231. The Morgan fingerprint density at radius 3 is 2.35 bits per heavy atom. The fraction of sp³-hybridized carbons (Fsp3) is 0.0667. The zero-order valence-corrected chi connectivity index (χ0v) is 12.3. The molecule has 0 saturated heterocycles. The average molecular weight is 337 g/mol. The molecule has 2 aromatic rings. The highest BCUT2D eigenvalue weighted by molar-refractivity contribution is 6.32. The Morgan fingerprint density at radius 1 is 1.00 bits per heavy atom. The van der Waals surface area contributed by atoms with Gasteiger partial charge in [0.15, 0.2) is 11.5 Å². The molecule has 3 rings (SSSR count). The van der Waals surface area contributed by atoms with Crippen LogP contribution in [0, 0.1) is 5.82 Å². The highest BCUT2D eigenvalue weighted by atomic mass is 35.5. The topological polar surface area (TPSA) is 76.7 Å². The maximum Gasteiger partial charge on any atom is 0.269 e. The number of hydrogen-bond donors (Lipinski definition) is 2. The van der Waals surface area contributed by atoms with Crippen LogP contribution >= 0.6 is 11.6 Å². The van der Waals surface area contributed by atoms with Crippen molar-refractivity contribution in [3.8, 4) is 11.5 Å². The standard InChI is InChI=1S/C15H10ClFN2O4/c16-11-5-9(6-12-13(11)23-7-22-12)15(21)19-18-14(20)8-1-3-10(17)4-2-8/h1-6H,7H2,(H,18,20)(H,19,21). The van der Waals surface area contributed by atoms with Gasteiger partial charge in [0, 0.05) is 11.1 Å². The Morgan fingerprint density at radius 2 is 1.65 bits per heavy atom. The van der Waals surface area contributed by atoms with E-state index in [-0.39, 0.29) is 22.9 Å². The molecule has 23 heavy (non-hydrogen) atoms. The first-order valence-corrected chi connectivity index (χ1v) is 6.88. The van der Waals surface area contributed by atoms with Crippen LogP contribution in [0.2, 0.25) is 5.02 Å². The summed E-state index contributed by atoms with van der Waals surface area (Å²) in [7, 11) is 0. The fourth-order valence-electron chi connectivity index (χ4n) is 1.96. The lowest BCUT2D eigenvalue weighted by molar-refractivity contribution is 0.0846. The molecule has 0 aliphatic carbocycles. The lowest BCUT2D eigenvalue weighted by atomic mass is 10.2. The molecule has 1 heterocycles. The molecule has 0 bridgehead atoms. The van der Waals surface area contributed by atoms with Crippen molar-refractivity contribution in [2.75, 3.05) is 6.79 Å². The van der Waals surface area contributed by atoms with Gasteiger partial charge in [0.2, 0.25) is 6.79 Å². The van der Waals surface area contributed by atoms with Crippen LogP contribution in [0.4, 0.5) is 4.39 Å². The van der Waals surface area contributed by atoms with Crippen LogP contribution in [0.15, 0.2) is 36.4 Å². The summed E-state index contributed by atoms with van der Waals surface area (Å²) in [6, 6.07) is 7.74. The van der Waals surface area contributed by atoms with Crippen LogP contribution in [0.25, 0.3) is 0 Å². The fourth-order valence-corrected chi connectivity index (χ4v) is 2.22. The molecule has 2 amide bonds. The Bertz CT molecular complexity index is 780. The molecule has 0 fully saturated rings. The number of nitrogens with one attached hydrogen (secondary N) is 2. The highest BCUT2D eigenvalue weighted by Gasteiger charge is 2.21. The van der Waals surface area contributed by atoms with E-state index in [0.29, 0.717) is 11.5 Å². The Hall–Kier alpha value is -2.80. The van der Waals surface area contributed by atoms with Crippen molar-refractivity contribution in [3.63, 3.8) is 0 Å². The first-order valence-electron chi connectivity index (χ1n) is 6.50. The number of fused-ring (bicyclic) bond motifs is 1. The molecule has 0 radical (unpaired) electrons. The molecule has 2 N–H and O–H groups in total. The molecule has 0 spiro atoms. The minimum atomic E-state index is -0.583. The summed E-state index contributed by atoms with van der Waals surface area (Å²) >= 11 is 5.98. The van der Waals surface area contributed by atoms with Crippen LogP contribution in [-0.2, 0) is 0 Å². The van der Waals surface area contributed by atoms with Crippen LogP contribution in [-0.4, -0.2) is 18.6 Å². The van der Waals surface area contributed by atoms with E-state index in [1.165, 1.54) is 24.3 Å². The summed E-state index contributed by atoms with van der Waals surface area (Å²) < 4.78 is 23.1. The molecule has 0 atom stereocenters. The molecule has 0 aromatic heterocycles. The van der Waals surface area contributed by atoms with Crippen molar-refractivity contribution in [1.82, 2.24) is 10.9 Å². The van der Waals surface area contributed by atoms with E-state index in [0.717, 1.165) is 12.1 Å². The predicted molar refractivity (Wildman–Crippen MR) is 78.9 cm³/mol. The molecule has 2 aromatic carbocycles. The van der Waals surface area contributed by atoms with Crippen LogP contribution in [0.1, 0.15) is 20.7 Å². The Labute approximate surface area is 135 Å². The third-order valence-corrected chi connectivity index (χ3v) is 3.37. The maximum atomic E-state index is 12.8. The molecule has 0 saturated carbocycles. The number of hydrogen-bond acceptors (Lipinski definition) is 4. The summed E-state index contributed by atoms with van der Waals surface area (Å²) in [6.07, 6.45) is 0. The van der Waals surface area contributed by atoms with Crippen molar-refractivity contribution >= 4 is 23.4 Å². The van der Waals surface area contributed by atoms with Gasteiger partial charge in [-0.25, -0.2) is 4.39 Å². The van der Waals surface area contributed by atoms with Gasteiger partial charge in [0.25, 0.3) is 11.8 Å². The second kappa shape index (κ2) is 6.13. The first kappa shape index (κ1) is 15.1. The summed E-state index contributed by atoms with van der Waals surface area (Å²) in [5.41, 5.74) is 4.87. The molecule has 1 aliphatic rings. The van der Waals surface area contributed by atoms with Crippen LogP contribution < -0.4 is 20.3 Å². The van der Waals surface area contributed by atoms with Crippen molar-refractivity contribution in [2.24, 2.45) is 0 Å². The van der Waals surface area contributed by atoms with Gasteiger partial charge in [0.05, 0.1) is 5.02 Å². The first-order chi connectivity index (χ1) is 11.0. The number of halogens is 2. The lowest BCUT2D eigenvalue weighted by Gasteiger charge is -2.08. The van der Waals surface area contributed by atoms with E-state index < -0.39 is 17.6 Å². The van der Waals surface area contributed by atoms with Crippen molar-refractivity contribution in [3.05, 3.63) is 58.4 Å². The van der Waals surface area contributed by atoms with E-state index in [4.69, 9.17) is 21.1 Å². The van der Waals surface area contributed by atoms with Crippen molar-refractivity contribution < 1.29 is 23.5 Å². The van der Waals surface area contributed by atoms with Crippen molar-refractivity contribution in [2.45, 2.75) is 0 Å². The number of amides is 2. The summed E-state index contributed by atoms with van der Waals surface area (Å²) in [4.78, 5) is 23.9.